The normalized spacial score (nSPS) is 26.4. The van der Waals surface area contributed by atoms with Crippen LogP contribution in [0.1, 0.15) is 72.1 Å². The average Bonchev–Trinajstić information content (AvgIpc) is 2.43. The zero-order valence-electron chi connectivity index (χ0n) is 13.7. The minimum Gasteiger partial charge on any atom is -0.389 e. The van der Waals surface area contributed by atoms with Crippen LogP contribution < -0.4 is 5.32 Å². The number of aliphatic hydroxyl groups excluding tert-OH is 1. The third-order valence-corrected chi connectivity index (χ3v) is 4.36. The predicted molar refractivity (Wildman–Crippen MR) is 85.0 cm³/mol. The van der Waals surface area contributed by atoms with Crippen molar-refractivity contribution in [3.05, 3.63) is 0 Å². The Morgan fingerprint density at radius 3 is 2.80 bits per heavy atom. The van der Waals surface area contributed by atoms with E-state index in [2.05, 4.69) is 26.1 Å². The minimum atomic E-state index is -0.374. The highest BCUT2D eigenvalue weighted by molar-refractivity contribution is 4.72. The van der Waals surface area contributed by atoms with Crippen molar-refractivity contribution < 1.29 is 9.84 Å². The third kappa shape index (κ3) is 8.23. The van der Waals surface area contributed by atoms with Crippen LogP contribution in [0, 0.1) is 5.92 Å². The number of ether oxygens (including phenoxy) is 1. The topological polar surface area (TPSA) is 41.5 Å². The van der Waals surface area contributed by atoms with E-state index in [0.717, 1.165) is 18.8 Å². The quantitative estimate of drug-likeness (QED) is 0.604. The molecule has 3 heteroatoms. The van der Waals surface area contributed by atoms with E-state index in [4.69, 9.17) is 4.74 Å². The zero-order valence-corrected chi connectivity index (χ0v) is 13.7. The summed E-state index contributed by atoms with van der Waals surface area (Å²) in [7, 11) is 0. The maximum Gasteiger partial charge on any atom is 0.0897 e. The molecule has 1 fully saturated rings. The Kier molecular flexibility index (Phi) is 9.49. The van der Waals surface area contributed by atoms with Crippen LogP contribution in [0.15, 0.2) is 0 Å². The van der Waals surface area contributed by atoms with E-state index in [0.29, 0.717) is 25.3 Å². The molecule has 0 aliphatic heterocycles. The predicted octanol–water partition coefficient (Wildman–Crippen LogP) is 3.50. The van der Waals surface area contributed by atoms with E-state index in [1.807, 2.05) is 0 Å². The summed E-state index contributed by atoms with van der Waals surface area (Å²) in [6, 6.07) is 0.492. The highest BCUT2D eigenvalue weighted by Gasteiger charge is 2.20. The highest BCUT2D eigenvalue weighted by Crippen LogP contribution is 2.25. The molecule has 0 amide bonds. The van der Waals surface area contributed by atoms with Gasteiger partial charge in [0.2, 0.25) is 0 Å². The standard InChI is InChI=1S/C17H35NO2/c1-4-5-6-9-15(3)18-12-16(19)13-20-17-10-7-8-14(2)11-17/h14-19H,4-13H2,1-3H3. The smallest absolute Gasteiger partial charge is 0.0897 e. The molecule has 20 heavy (non-hydrogen) atoms. The van der Waals surface area contributed by atoms with Gasteiger partial charge in [-0.05, 0) is 32.1 Å². The number of unbranched alkanes of at least 4 members (excludes halogenated alkanes) is 2. The second-order valence-electron chi connectivity index (χ2n) is 6.69. The third-order valence-electron chi connectivity index (χ3n) is 4.36. The first kappa shape index (κ1) is 17.9. The molecule has 1 aliphatic rings. The molecular weight excluding hydrogens is 250 g/mol. The van der Waals surface area contributed by atoms with Gasteiger partial charge >= 0.3 is 0 Å². The Hall–Kier alpha value is -0.120. The van der Waals surface area contributed by atoms with Crippen LogP contribution in [0.3, 0.4) is 0 Å². The van der Waals surface area contributed by atoms with Crippen molar-refractivity contribution in [2.45, 2.75) is 90.4 Å². The van der Waals surface area contributed by atoms with Gasteiger partial charge in [-0.3, -0.25) is 0 Å². The summed E-state index contributed by atoms with van der Waals surface area (Å²) >= 11 is 0. The van der Waals surface area contributed by atoms with Crippen molar-refractivity contribution in [1.82, 2.24) is 5.32 Å². The lowest BCUT2D eigenvalue weighted by molar-refractivity contribution is -0.0311. The van der Waals surface area contributed by atoms with Gasteiger partial charge in [-0.15, -0.1) is 0 Å². The van der Waals surface area contributed by atoms with Crippen molar-refractivity contribution >= 4 is 0 Å². The molecule has 0 aromatic heterocycles. The van der Waals surface area contributed by atoms with E-state index >= 15 is 0 Å². The van der Waals surface area contributed by atoms with Crippen molar-refractivity contribution in [2.24, 2.45) is 5.92 Å². The van der Waals surface area contributed by atoms with Crippen molar-refractivity contribution in [1.29, 1.82) is 0 Å². The summed E-state index contributed by atoms with van der Waals surface area (Å²) in [6.07, 6.45) is 9.97. The first-order valence-electron chi connectivity index (χ1n) is 8.64. The first-order chi connectivity index (χ1) is 9.61. The second kappa shape index (κ2) is 10.6. The Labute approximate surface area is 125 Å². The molecule has 120 valence electrons. The zero-order chi connectivity index (χ0) is 14.8. The van der Waals surface area contributed by atoms with Gasteiger partial charge in [0, 0.05) is 12.6 Å². The molecule has 3 nitrogen and oxygen atoms in total. The van der Waals surface area contributed by atoms with E-state index in [-0.39, 0.29) is 6.10 Å². The van der Waals surface area contributed by atoms with Crippen molar-refractivity contribution in [3.8, 4) is 0 Å². The first-order valence-corrected chi connectivity index (χ1v) is 8.64. The Morgan fingerprint density at radius 2 is 2.10 bits per heavy atom. The molecule has 0 spiro atoms. The Balaban J connectivity index is 2.03. The van der Waals surface area contributed by atoms with Crippen LogP contribution in [-0.2, 0) is 4.74 Å². The maximum absolute atomic E-state index is 9.98. The molecule has 1 aliphatic carbocycles. The molecule has 0 heterocycles. The summed E-state index contributed by atoms with van der Waals surface area (Å²) in [5.41, 5.74) is 0. The molecule has 0 saturated heterocycles. The lowest BCUT2D eigenvalue weighted by atomic mass is 9.89. The largest absolute Gasteiger partial charge is 0.389 e. The number of nitrogens with one attached hydrogen (secondary N) is 1. The summed E-state index contributed by atoms with van der Waals surface area (Å²) in [6.45, 7) is 7.85. The molecule has 0 aromatic rings. The van der Waals surface area contributed by atoms with Gasteiger partial charge in [-0.1, -0.05) is 46.0 Å². The fourth-order valence-electron chi connectivity index (χ4n) is 2.98. The minimum absolute atomic E-state index is 0.371. The highest BCUT2D eigenvalue weighted by atomic mass is 16.5. The summed E-state index contributed by atoms with van der Waals surface area (Å²) < 4.78 is 5.86. The van der Waals surface area contributed by atoms with Crippen LogP contribution in [0.25, 0.3) is 0 Å². The van der Waals surface area contributed by atoms with E-state index in [1.165, 1.54) is 38.5 Å². The summed E-state index contributed by atoms with van der Waals surface area (Å²) in [4.78, 5) is 0. The van der Waals surface area contributed by atoms with Crippen molar-refractivity contribution in [3.63, 3.8) is 0 Å². The maximum atomic E-state index is 9.98. The SMILES string of the molecule is CCCCCC(C)NCC(O)COC1CCCC(C)C1. The number of rotatable bonds is 10. The molecule has 1 saturated carbocycles. The lowest BCUT2D eigenvalue weighted by Crippen LogP contribution is -2.37. The molecule has 2 N–H and O–H groups in total. The fourth-order valence-corrected chi connectivity index (χ4v) is 2.98. The lowest BCUT2D eigenvalue weighted by Gasteiger charge is -2.28. The van der Waals surface area contributed by atoms with Crippen LogP contribution >= 0.6 is 0 Å². The van der Waals surface area contributed by atoms with E-state index < -0.39 is 0 Å². The van der Waals surface area contributed by atoms with Gasteiger partial charge < -0.3 is 15.2 Å². The van der Waals surface area contributed by atoms with Gasteiger partial charge in [0.15, 0.2) is 0 Å². The second-order valence-corrected chi connectivity index (χ2v) is 6.69. The van der Waals surface area contributed by atoms with Crippen LogP contribution in [0.4, 0.5) is 0 Å². The number of aliphatic hydroxyl groups is 1. The number of hydrogen-bond donors (Lipinski definition) is 2. The summed E-state index contributed by atoms with van der Waals surface area (Å²) in [5.74, 6) is 0.780. The molecular formula is C17H35NO2. The number of hydrogen-bond acceptors (Lipinski definition) is 3. The van der Waals surface area contributed by atoms with Crippen LogP contribution in [0.5, 0.6) is 0 Å². The van der Waals surface area contributed by atoms with Crippen molar-refractivity contribution in [2.75, 3.05) is 13.2 Å². The summed E-state index contributed by atoms with van der Waals surface area (Å²) in [5, 5.41) is 13.4. The molecule has 0 bridgehead atoms. The molecule has 0 radical (unpaired) electrons. The van der Waals surface area contributed by atoms with Crippen LogP contribution in [0.2, 0.25) is 0 Å². The molecule has 4 atom stereocenters. The molecule has 4 unspecified atom stereocenters. The fraction of sp³-hybridized carbons (Fsp3) is 1.00. The Morgan fingerprint density at radius 1 is 1.30 bits per heavy atom. The van der Waals surface area contributed by atoms with E-state index in [1.54, 1.807) is 0 Å². The Bertz CT molecular complexity index is 235. The van der Waals surface area contributed by atoms with Gasteiger partial charge in [-0.25, -0.2) is 0 Å². The van der Waals surface area contributed by atoms with Gasteiger partial charge in [-0.2, -0.15) is 0 Å². The van der Waals surface area contributed by atoms with Gasteiger partial charge in [0.05, 0.1) is 18.8 Å². The monoisotopic (exact) mass is 285 g/mol. The molecule has 1 rings (SSSR count). The van der Waals surface area contributed by atoms with Gasteiger partial charge in [0.25, 0.3) is 0 Å². The molecule has 0 aromatic carbocycles. The average molecular weight is 285 g/mol. The van der Waals surface area contributed by atoms with E-state index in [9.17, 15) is 5.11 Å². The van der Waals surface area contributed by atoms with Crippen LogP contribution in [-0.4, -0.2) is 36.5 Å². The van der Waals surface area contributed by atoms with Gasteiger partial charge in [0.1, 0.15) is 0 Å².